The van der Waals surface area contributed by atoms with Crippen LogP contribution in [0.25, 0.3) is 0 Å². The molecule has 0 N–H and O–H groups in total. The Hall–Kier alpha value is -1.32. The third-order valence-corrected chi connectivity index (χ3v) is 2.27. The van der Waals surface area contributed by atoms with Gasteiger partial charge in [0.2, 0.25) is 0 Å². The van der Waals surface area contributed by atoms with E-state index in [0.29, 0.717) is 6.42 Å². The third-order valence-electron chi connectivity index (χ3n) is 2.27. The predicted octanol–water partition coefficient (Wildman–Crippen LogP) is 2.10. The van der Waals surface area contributed by atoms with E-state index in [1.165, 1.54) is 17.2 Å². The summed E-state index contributed by atoms with van der Waals surface area (Å²) in [5, 5.41) is 0. The van der Waals surface area contributed by atoms with Crippen molar-refractivity contribution in [1.82, 2.24) is 4.90 Å². The predicted molar refractivity (Wildman–Crippen MR) is 56.3 cm³/mol. The van der Waals surface area contributed by atoms with Crippen LogP contribution < -0.4 is 0 Å². The number of carbonyl (C=O) groups is 2. The van der Waals surface area contributed by atoms with E-state index in [2.05, 4.69) is 0 Å². The van der Waals surface area contributed by atoms with E-state index in [4.69, 9.17) is 4.74 Å². The molecule has 1 amide bonds. The Morgan fingerprint density at radius 1 is 1.67 bits per heavy atom. The summed E-state index contributed by atoms with van der Waals surface area (Å²) in [7, 11) is 0. The molecule has 4 heteroatoms. The van der Waals surface area contributed by atoms with Gasteiger partial charge in [0.1, 0.15) is 0 Å². The Morgan fingerprint density at radius 2 is 2.33 bits per heavy atom. The first-order chi connectivity index (χ1) is 7.04. The van der Waals surface area contributed by atoms with E-state index in [0.717, 1.165) is 6.42 Å². The maximum absolute atomic E-state index is 11.6. The fraction of sp³-hybridized carbons (Fsp3) is 0.636. The number of amides is 1. The van der Waals surface area contributed by atoms with Crippen LogP contribution in [-0.4, -0.2) is 28.9 Å². The van der Waals surface area contributed by atoms with Crippen LogP contribution in [0.5, 0.6) is 0 Å². The van der Waals surface area contributed by atoms with Crippen LogP contribution >= 0.6 is 0 Å². The Labute approximate surface area is 89.9 Å². The second-order valence-corrected chi connectivity index (χ2v) is 3.89. The van der Waals surface area contributed by atoms with Gasteiger partial charge in [-0.3, -0.25) is 9.69 Å². The molecule has 0 fully saturated rings. The van der Waals surface area contributed by atoms with Crippen molar-refractivity contribution in [3.8, 4) is 0 Å². The molecule has 0 saturated carbocycles. The van der Waals surface area contributed by atoms with Gasteiger partial charge in [0.25, 0.3) is 0 Å². The zero-order valence-corrected chi connectivity index (χ0v) is 9.40. The Bertz CT molecular complexity index is 284. The lowest BCUT2D eigenvalue weighted by Crippen LogP contribution is -2.40. The number of ketones is 1. The first kappa shape index (κ1) is 11.8. The molecule has 1 aliphatic heterocycles. The van der Waals surface area contributed by atoms with Crippen LogP contribution in [0.1, 0.15) is 33.6 Å². The molecule has 1 aliphatic rings. The highest BCUT2D eigenvalue weighted by atomic mass is 16.6. The van der Waals surface area contributed by atoms with E-state index >= 15 is 0 Å². The fourth-order valence-corrected chi connectivity index (χ4v) is 1.50. The SMILES string of the molecule is CCC1CC(=O)C=CN1C(=O)OC(C)C. The van der Waals surface area contributed by atoms with E-state index in [9.17, 15) is 9.59 Å². The molecule has 84 valence electrons. The summed E-state index contributed by atoms with van der Waals surface area (Å²) in [5.74, 6) is 0.0652. The van der Waals surface area contributed by atoms with Gasteiger partial charge in [-0.15, -0.1) is 0 Å². The number of allylic oxidation sites excluding steroid dienone is 1. The van der Waals surface area contributed by atoms with Crippen molar-refractivity contribution in [1.29, 1.82) is 0 Å². The number of rotatable bonds is 2. The van der Waals surface area contributed by atoms with E-state index in [-0.39, 0.29) is 24.0 Å². The van der Waals surface area contributed by atoms with Crippen molar-refractivity contribution in [2.45, 2.75) is 45.8 Å². The van der Waals surface area contributed by atoms with Crippen LogP contribution in [0.2, 0.25) is 0 Å². The summed E-state index contributed by atoms with van der Waals surface area (Å²) in [6.45, 7) is 5.56. The molecular formula is C11H17NO3. The molecule has 1 unspecified atom stereocenters. The van der Waals surface area contributed by atoms with Gasteiger partial charge < -0.3 is 4.74 Å². The summed E-state index contributed by atoms with van der Waals surface area (Å²) in [4.78, 5) is 24.3. The maximum atomic E-state index is 11.6. The van der Waals surface area contributed by atoms with Crippen molar-refractivity contribution in [3.63, 3.8) is 0 Å². The van der Waals surface area contributed by atoms with Gasteiger partial charge in [-0.25, -0.2) is 4.79 Å². The smallest absolute Gasteiger partial charge is 0.414 e. The first-order valence-corrected chi connectivity index (χ1v) is 5.24. The largest absolute Gasteiger partial charge is 0.446 e. The lowest BCUT2D eigenvalue weighted by Gasteiger charge is -2.29. The minimum Gasteiger partial charge on any atom is -0.446 e. The monoisotopic (exact) mass is 211 g/mol. The number of ether oxygens (including phenoxy) is 1. The van der Waals surface area contributed by atoms with Crippen LogP contribution in [0.15, 0.2) is 12.3 Å². The van der Waals surface area contributed by atoms with Gasteiger partial charge in [-0.1, -0.05) is 6.92 Å². The minimum absolute atomic E-state index is 0.0613. The van der Waals surface area contributed by atoms with Gasteiger partial charge in [0.05, 0.1) is 6.10 Å². The zero-order valence-electron chi connectivity index (χ0n) is 9.40. The molecule has 0 bridgehead atoms. The fourth-order valence-electron chi connectivity index (χ4n) is 1.50. The zero-order chi connectivity index (χ0) is 11.4. The Morgan fingerprint density at radius 3 is 2.87 bits per heavy atom. The number of nitrogens with zero attached hydrogens (tertiary/aromatic N) is 1. The van der Waals surface area contributed by atoms with E-state index in [1.807, 2.05) is 6.92 Å². The number of carbonyl (C=O) groups excluding carboxylic acids is 2. The van der Waals surface area contributed by atoms with Crippen LogP contribution in [0, 0.1) is 0 Å². The maximum Gasteiger partial charge on any atom is 0.414 e. The summed E-state index contributed by atoms with van der Waals surface area (Å²) in [5.41, 5.74) is 0. The first-order valence-electron chi connectivity index (χ1n) is 5.24. The highest BCUT2D eigenvalue weighted by Crippen LogP contribution is 2.17. The van der Waals surface area contributed by atoms with Crippen molar-refractivity contribution in [2.75, 3.05) is 0 Å². The summed E-state index contributed by atoms with van der Waals surface area (Å²) < 4.78 is 5.08. The summed E-state index contributed by atoms with van der Waals surface area (Å²) in [6.07, 6.45) is 3.57. The van der Waals surface area contributed by atoms with Gasteiger partial charge >= 0.3 is 6.09 Å². The second kappa shape index (κ2) is 4.96. The summed E-state index contributed by atoms with van der Waals surface area (Å²) in [6, 6.07) is -0.0613. The number of hydrogen-bond donors (Lipinski definition) is 0. The standard InChI is InChI=1S/C11H17NO3/c1-4-9-7-10(13)5-6-12(9)11(14)15-8(2)3/h5-6,8-9H,4,7H2,1-3H3. The molecule has 0 aliphatic carbocycles. The molecular weight excluding hydrogens is 194 g/mol. The van der Waals surface area contributed by atoms with Gasteiger partial charge in [0.15, 0.2) is 5.78 Å². The quantitative estimate of drug-likeness (QED) is 0.702. The number of hydrogen-bond acceptors (Lipinski definition) is 3. The van der Waals surface area contributed by atoms with E-state index in [1.54, 1.807) is 13.8 Å². The van der Waals surface area contributed by atoms with Gasteiger partial charge in [-0.05, 0) is 26.3 Å². The average molecular weight is 211 g/mol. The van der Waals surface area contributed by atoms with Crippen molar-refractivity contribution >= 4 is 11.9 Å². The average Bonchev–Trinajstić information content (AvgIpc) is 2.16. The highest BCUT2D eigenvalue weighted by molar-refractivity contribution is 5.92. The minimum atomic E-state index is -0.374. The van der Waals surface area contributed by atoms with Crippen molar-refractivity contribution in [3.05, 3.63) is 12.3 Å². The van der Waals surface area contributed by atoms with Gasteiger partial charge in [-0.2, -0.15) is 0 Å². The molecule has 0 aromatic rings. The molecule has 0 spiro atoms. The molecule has 1 heterocycles. The van der Waals surface area contributed by atoms with Crippen LogP contribution in [0.3, 0.4) is 0 Å². The molecule has 0 saturated heterocycles. The molecule has 0 radical (unpaired) electrons. The molecule has 15 heavy (non-hydrogen) atoms. The lowest BCUT2D eigenvalue weighted by atomic mass is 10.0. The van der Waals surface area contributed by atoms with Crippen LogP contribution in [0.4, 0.5) is 4.79 Å². The third kappa shape index (κ3) is 3.08. The molecule has 1 atom stereocenters. The second-order valence-electron chi connectivity index (χ2n) is 3.89. The lowest BCUT2D eigenvalue weighted by molar-refractivity contribution is -0.116. The Kier molecular flexibility index (Phi) is 3.88. The molecule has 1 rings (SSSR count). The normalized spacial score (nSPS) is 20.9. The summed E-state index contributed by atoms with van der Waals surface area (Å²) >= 11 is 0. The topological polar surface area (TPSA) is 46.6 Å². The molecule has 4 nitrogen and oxygen atoms in total. The van der Waals surface area contributed by atoms with Crippen molar-refractivity contribution in [2.24, 2.45) is 0 Å². The molecule has 0 aromatic carbocycles. The molecule has 0 aromatic heterocycles. The van der Waals surface area contributed by atoms with Crippen LogP contribution in [-0.2, 0) is 9.53 Å². The van der Waals surface area contributed by atoms with Crippen molar-refractivity contribution < 1.29 is 14.3 Å². The highest BCUT2D eigenvalue weighted by Gasteiger charge is 2.27. The van der Waals surface area contributed by atoms with Gasteiger partial charge in [0, 0.05) is 18.7 Å². The van der Waals surface area contributed by atoms with E-state index < -0.39 is 0 Å². The Balaban J connectivity index is 2.70.